The fourth-order valence-electron chi connectivity index (χ4n) is 4.01. The Morgan fingerprint density at radius 2 is 2.25 bits per heavy atom. The van der Waals surface area contributed by atoms with Gasteiger partial charge in [-0.05, 0) is 25.8 Å². The molecule has 1 saturated heterocycles. The van der Waals surface area contributed by atoms with Gasteiger partial charge < -0.3 is 15.5 Å². The SMILES string of the molecule is C=CC(=C)N1CCCC(Nc2nc(-c3cnn(C)c3)c3c(c2F)NC3=C)C1C. The van der Waals surface area contributed by atoms with Gasteiger partial charge in [-0.15, -0.1) is 0 Å². The van der Waals surface area contributed by atoms with Crippen molar-refractivity contribution in [3.8, 4) is 11.3 Å². The first kappa shape index (κ1) is 18.3. The standard InChI is InChI=1S/C21H25FN6/c1-6-12(2)28-9-7-8-16(14(28)4)25-21-18(22)20-17(13(3)24-20)19(26-21)15-10-23-27(5)11-15/h6,10-11,14,16,24H,1-3,7-9H2,4-5H3,(H,25,26). The molecule has 0 aliphatic carbocycles. The lowest BCUT2D eigenvalue weighted by Gasteiger charge is -2.42. The number of pyridine rings is 1. The number of nitrogens with zero attached hydrogens (tertiary/aromatic N) is 4. The van der Waals surface area contributed by atoms with Crippen molar-refractivity contribution in [1.82, 2.24) is 19.7 Å². The smallest absolute Gasteiger partial charge is 0.189 e. The van der Waals surface area contributed by atoms with Gasteiger partial charge in [0.05, 0.1) is 23.1 Å². The van der Waals surface area contributed by atoms with E-state index in [0.29, 0.717) is 17.1 Å². The van der Waals surface area contributed by atoms with Gasteiger partial charge in [0.25, 0.3) is 0 Å². The summed E-state index contributed by atoms with van der Waals surface area (Å²) in [5.41, 5.74) is 4.24. The van der Waals surface area contributed by atoms with Crippen molar-refractivity contribution < 1.29 is 4.39 Å². The van der Waals surface area contributed by atoms with Gasteiger partial charge in [0.2, 0.25) is 0 Å². The molecule has 146 valence electrons. The van der Waals surface area contributed by atoms with Crippen LogP contribution in [0.4, 0.5) is 15.9 Å². The van der Waals surface area contributed by atoms with Gasteiger partial charge in [0.1, 0.15) is 0 Å². The first-order valence-electron chi connectivity index (χ1n) is 9.44. The largest absolute Gasteiger partial charge is 0.367 e. The minimum Gasteiger partial charge on any atom is -0.367 e. The lowest BCUT2D eigenvalue weighted by Crippen LogP contribution is -2.48. The summed E-state index contributed by atoms with van der Waals surface area (Å²) < 4.78 is 16.8. The maximum absolute atomic E-state index is 15.1. The number of nitrogens with one attached hydrogen (secondary N) is 2. The van der Waals surface area contributed by atoms with E-state index in [1.807, 2.05) is 13.2 Å². The maximum Gasteiger partial charge on any atom is 0.189 e. The molecule has 0 radical (unpaired) electrons. The quantitative estimate of drug-likeness (QED) is 0.769. The third-order valence-electron chi connectivity index (χ3n) is 5.61. The molecule has 2 aliphatic rings. The zero-order valence-electron chi connectivity index (χ0n) is 16.3. The second-order valence-corrected chi connectivity index (χ2v) is 7.40. The van der Waals surface area contributed by atoms with Crippen molar-refractivity contribution >= 4 is 17.2 Å². The maximum atomic E-state index is 15.1. The molecule has 6 nitrogen and oxygen atoms in total. The summed E-state index contributed by atoms with van der Waals surface area (Å²) in [4.78, 5) is 6.84. The minimum absolute atomic E-state index is 0.0514. The average molecular weight is 380 g/mol. The molecule has 2 unspecified atom stereocenters. The van der Waals surface area contributed by atoms with E-state index in [9.17, 15) is 0 Å². The molecular weight excluding hydrogens is 355 g/mol. The monoisotopic (exact) mass is 380 g/mol. The molecule has 2 aromatic heterocycles. The third-order valence-corrected chi connectivity index (χ3v) is 5.61. The Morgan fingerprint density at radius 3 is 2.89 bits per heavy atom. The zero-order valence-corrected chi connectivity index (χ0v) is 16.3. The molecule has 0 saturated carbocycles. The van der Waals surface area contributed by atoms with Gasteiger partial charge >= 0.3 is 0 Å². The average Bonchev–Trinajstić information content (AvgIpc) is 3.10. The number of aryl methyl sites for hydroxylation is 1. The second kappa shape index (κ2) is 6.82. The van der Waals surface area contributed by atoms with Crippen molar-refractivity contribution in [3.63, 3.8) is 0 Å². The van der Waals surface area contributed by atoms with Gasteiger partial charge in [0, 0.05) is 48.8 Å². The Morgan fingerprint density at radius 1 is 1.46 bits per heavy atom. The van der Waals surface area contributed by atoms with Crippen LogP contribution in [0.25, 0.3) is 17.0 Å². The topological polar surface area (TPSA) is 58.0 Å². The lowest BCUT2D eigenvalue weighted by molar-refractivity contribution is 0.199. The highest BCUT2D eigenvalue weighted by Crippen LogP contribution is 2.44. The summed E-state index contributed by atoms with van der Waals surface area (Å²) in [5, 5.41) is 10.5. The molecule has 1 fully saturated rings. The normalized spacial score (nSPS) is 20.8. The first-order valence-corrected chi connectivity index (χ1v) is 9.44. The van der Waals surface area contributed by atoms with Crippen LogP contribution in [-0.4, -0.2) is 38.3 Å². The number of halogens is 1. The lowest BCUT2D eigenvalue weighted by atomic mass is 9.95. The van der Waals surface area contributed by atoms with Crippen LogP contribution in [0.1, 0.15) is 25.3 Å². The predicted octanol–water partition coefficient (Wildman–Crippen LogP) is 3.98. The molecule has 4 rings (SSSR count). The molecule has 2 aromatic rings. The van der Waals surface area contributed by atoms with Crippen LogP contribution in [0.3, 0.4) is 0 Å². The fourth-order valence-corrected chi connectivity index (χ4v) is 4.01. The number of piperidine rings is 1. The predicted molar refractivity (Wildman–Crippen MR) is 111 cm³/mol. The zero-order chi connectivity index (χ0) is 20.0. The number of hydrogen-bond acceptors (Lipinski definition) is 5. The number of fused-ring (bicyclic) bond motifs is 1. The van der Waals surface area contributed by atoms with Crippen LogP contribution in [0.2, 0.25) is 0 Å². The molecule has 0 spiro atoms. The Balaban J connectivity index is 1.69. The summed E-state index contributed by atoms with van der Waals surface area (Å²) >= 11 is 0. The molecule has 2 atom stereocenters. The van der Waals surface area contributed by atoms with Crippen LogP contribution >= 0.6 is 0 Å². The van der Waals surface area contributed by atoms with Gasteiger partial charge in [-0.3, -0.25) is 4.68 Å². The molecule has 2 N–H and O–H groups in total. The van der Waals surface area contributed by atoms with Gasteiger partial charge in [-0.1, -0.05) is 19.7 Å². The Labute approximate surface area is 164 Å². The highest BCUT2D eigenvalue weighted by Gasteiger charge is 2.33. The Bertz CT molecular complexity index is 976. The van der Waals surface area contributed by atoms with Gasteiger partial charge in [-0.25, -0.2) is 9.37 Å². The van der Waals surface area contributed by atoms with Gasteiger partial charge in [-0.2, -0.15) is 5.10 Å². The molecule has 7 heteroatoms. The molecule has 4 heterocycles. The number of likely N-dealkylation sites (tertiary alicyclic amines) is 1. The highest BCUT2D eigenvalue weighted by atomic mass is 19.1. The van der Waals surface area contributed by atoms with E-state index in [-0.39, 0.29) is 23.7 Å². The van der Waals surface area contributed by atoms with E-state index >= 15 is 4.39 Å². The van der Waals surface area contributed by atoms with Crippen molar-refractivity contribution in [1.29, 1.82) is 0 Å². The van der Waals surface area contributed by atoms with E-state index < -0.39 is 0 Å². The van der Waals surface area contributed by atoms with E-state index in [1.54, 1.807) is 17.0 Å². The molecule has 2 aliphatic heterocycles. The molecule has 0 aromatic carbocycles. The van der Waals surface area contributed by atoms with E-state index in [0.717, 1.165) is 36.2 Å². The summed E-state index contributed by atoms with van der Waals surface area (Å²) in [6.45, 7) is 14.9. The van der Waals surface area contributed by atoms with E-state index in [4.69, 9.17) is 0 Å². The number of allylic oxidation sites excluding steroid dienone is 1. The van der Waals surface area contributed by atoms with Crippen LogP contribution in [0.15, 0.2) is 43.9 Å². The molecule has 28 heavy (non-hydrogen) atoms. The minimum atomic E-state index is -0.373. The van der Waals surface area contributed by atoms with Crippen LogP contribution in [0, 0.1) is 5.82 Å². The third kappa shape index (κ3) is 2.87. The number of aromatic nitrogens is 3. The van der Waals surface area contributed by atoms with Crippen molar-refractivity contribution in [2.45, 2.75) is 31.8 Å². The van der Waals surface area contributed by atoms with Gasteiger partial charge in [0.15, 0.2) is 11.6 Å². The molecule has 0 amide bonds. The van der Waals surface area contributed by atoms with E-state index in [2.05, 4.69) is 52.3 Å². The van der Waals surface area contributed by atoms with Crippen LogP contribution < -0.4 is 10.6 Å². The molecule has 0 bridgehead atoms. The summed E-state index contributed by atoms with van der Waals surface area (Å²) in [6, 6.07) is 0.201. The Hall–Kier alpha value is -3.09. The van der Waals surface area contributed by atoms with Crippen LogP contribution in [0.5, 0.6) is 0 Å². The van der Waals surface area contributed by atoms with Crippen LogP contribution in [-0.2, 0) is 7.05 Å². The summed E-state index contributed by atoms with van der Waals surface area (Å²) in [7, 11) is 1.84. The fraction of sp³-hybridized carbons (Fsp3) is 0.333. The Kier molecular flexibility index (Phi) is 4.45. The highest BCUT2D eigenvalue weighted by molar-refractivity contribution is 6.00. The number of anilines is 2. The first-order chi connectivity index (χ1) is 13.4. The summed E-state index contributed by atoms with van der Waals surface area (Å²) in [6.07, 6.45) is 7.29. The van der Waals surface area contributed by atoms with Crippen molar-refractivity contribution in [2.75, 3.05) is 17.2 Å². The molecular formula is C21H25FN6. The van der Waals surface area contributed by atoms with Crippen molar-refractivity contribution in [3.05, 3.63) is 55.3 Å². The van der Waals surface area contributed by atoms with E-state index in [1.165, 1.54) is 0 Å². The second-order valence-electron chi connectivity index (χ2n) is 7.40. The van der Waals surface area contributed by atoms with Crippen molar-refractivity contribution in [2.24, 2.45) is 7.05 Å². The summed E-state index contributed by atoms with van der Waals surface area (Å²) in [5.74, 6) is -0.123. The number of rotatable bonds is 5. The number of hydrogen-bond donors (Lipinski definition) is 2.